The van der Waals surface area contributed by atoms with Gasteiger partial charge in [0.15, 0.2) is 0 Å². The maximum atomic E-state index is 9.00. The fraction of sp³-hybridized carbons (Fsp3) is 0.500. The van der Waals surface area contributed by atoms with Crippen LogP contribution in [-0.2, 0) is 6.61 Å². The second kappa shape index (κ2) is 3.51. The molecule has 0 saturated heterocycles. The lowest BCUT2D eigenvalue weighted by molar-refractivity contribution is 0.281. The zero-order chi connectivity index (χ0) is 9.26. The van der Waals surface area contributed by atoms with Crippen LogP contribution in [0.1, 0.15) is 36.8 Å². The van der Waals surface area contributed by atoms with Crippen LogP contribution in [0.2, 0.25) is 0 Å². The van der Waals surface area contributed by atoms with Gasteiger partial charge in [-0.05, 0) is 35.8 Å². The monoisotopic (exact) mass is 176 g/mol. The van der Waals surface area contributed by atoms with Crippen LogP contribution in [0.5, 0.6) is 0 Å². The van der Waals surface area contributed by atoms with Gasteiger partial charge in [0.25, 0.3) is 0 Å². The van der Waals surface area contributed by atoms with Gasteiger partial charge in [0.2, 0.25) is 0 Å². The molecule has 0 aliphatic heterocycles. The molecule has 13 heavy (non-hydrogen) atoms. The lowest BCUT2D eigenvalue weighted by Gasteiger charge is -2.11. The minimum atomic E-state index is 0.158. The molecule has 1 aromatic carbocycles. The summed E-state index contributed by atoms with van der Waals surface area (Å²) >= 11 is 0. The first-order valence-corrected chi connectivity index (χ1v) is 5.01. The first kappa shape index (κ1) is 8.76. The highest BCUT2D eigenvalue weighted by molar-refractivity contribution is 5.26. The van der Waals surface area contributed by atoms with Crippen LogP contribution in [0.25, 0.3) is 0 Å². The molecule has 1 heteroatoms. The van der Waals surface area contributed by atoms with Gasteiger partial charge in [0.05, 0.1) is 6.61 Å². The van der Waals surface area contributed by atoms with Crippen LogP contribution >= 0.6 is 0 Å². The summed E-state index contributed by atoms with van der Waals surface area (Å²) in [5, 5.41) is 9.00. The topological polar surface area (TPSA) is 20.2 Å². The number of aliphatic hydroxyl groups is 1. The predicted molar refractivity (Wildman–Crippen MR) is 53.5 cm³/mol. The Kier molecular flexibility index (Phi) is 2.36. The first-order chi connectivity index (χ1) is 6.31. The molecular formula is C12H16O. The second-order valence-electron chi connectivity index (χ2n) is 4.03. The fourth-order valence-corrected chi connectivity index (χ4v) is 1.84. The molecule has 70 valence electrons. The van der Waals surface area contributed by atoms with E-state index in [-0.39, 0.29) is 6.61 Å². The third-order valence-electron chi connectivity index (χ3n) is 2.99. The van der Waals surface area contributed by atoms with Crippen LogP contribution in [0.4, 0.5) is 0 Å². The summed E-state index contributed by atoms with van der Waals surface area (Å²) in [6.07, 6.45) is 2.76. The van der Waals surface area contributed by atoms with E-state index in [0.29, 0.717) is 5.92 Å². The lowest BCUT2D eigenvalue weighted by Crippen LogP contribution is -1.96. The first-order valence-electron chi connectivity index (χ1n) is 5.01. The second-order valence-corrected chi connectivity index (χ2v) is 4.03. The van der Waals surface area contributed by atoms with E-state index < -0.39 is 0 Å². The predicted octanol–water partition coefficient (Wildman–Crippen LogP) is 2.69. The Bertz CT molecular complexity index is 289. The van der Waals surface area contributed by atoms with E-state index >= 15 is 0 Å². The van der Waals surface area contributed by atoms with E-state index in [4.69, 9.17) is 5.11 Å². The number of hydrogen-bond acceptors (Lipinski definition) is 1. The average molecular weight is 176 g/mol. The lowest BCUT2D eigenvalue weighted by atomic mass is 9.95. The van der Waals surface area contributed by atoms with Gasteiger partial charge in [0.1, 0.15) is 0 Å². The Labute approximate surface area is 79.4 Å². The molecule has 1 fully saturated rings. The Balaban J connectivity index is 2.18. The van der Waals surface area contributed by atoms with Crippen molar-refractivity contribution in [2.24, 2.45) is 5.92 Å². The van der Waals surface area contributed by atoms with Crippen molar-refractivity contribution in [3.05, 3.63) is 35.4 Å². The van der Waals surface area contributed by atoms with Crippen molar-refractivity contribution in [2.75, 3.05) is 0 Å². The Morgan fingerprint density at radius 3 is 2.85 bits per heavy atom. The Hall–Kier alpha value is -0.820. The molecule has 1 aromatic rings. The summed E-state index contributed by atoms with van der Waals surface area (Å²) in [5.41, 5.74) is 2.42. The van der Waals surface area contributed by atoms with Gasteiger partial charge in [-0.25, -0.2) is 0 Å². The van der Waals surface area contributed by atoms with Gasteiger partial charge < -0.3 is 5.11 Å². The normalized spacial score (nSPS) is 18.6. The fourth-order valence-electron chi connectivity index (χ4n) is 1.84. The van der Waals surface area contributed by atoms with Gasteiger partial charge in [0, 0.05) is 0 Å². The largest absolute Gasteiger partial charge is 0.392 e. The molecule has 0 radical (unpaired) electrons. The highest BCUT2D eigenvalue weighted by Gasteiger charge is 2.28. The van der Waals surface area contributed by atoms with Crippen molar-refractivity contribution in [2.45, 2.75) is 32.3 Å². The van der Waals surface area contributed by atoms with E-state index in [1.165, 1.54) is 18.4 Å². The van der Waals surface area contributed by atoms with Crippen molar-refractivity contribution in [3.8, 4) is 0 Å². The van der Waals surface area contributed by atoms with Crippen LogP contribution in [0.15, 0.2) is 24.3 Å². The van der Waals surface area contributed by atoms with Gasteiger partial charge in [-0.1, -0.05) is 31.2 Å². The Morgan fingerprint density at radius 2 is 2.23 bits per heavy atom. The van der Waals surface area contributed by atoms with Crippen molar-refractivity contribution in [1.29, 1.82) is 0 Å². The Morgan fingerprint density at radius 1 is 1.46 bits per heavy atom. The van der Waals surface area contributed by atoms with Crippen LogP contribution < -0.4 is 0 Å². The number of benzene rings is 1. The van der Waals surface area contributed by atoms with Gasteiger partial charge >= 0.3 is 0 Å². The number of hydrogen-bond donors (Lipinski definition) is 1. The smallest absolute Gasteiger partial charge is 0.0681 e. The molecule has 0 bridgehead atoms. The van der Waals surface area contributed by atoms with E-state index in [9.17, 15) is 0 Å². The molecule has 1 atom stereocenters. The van der Waals surface area contributed by atoms with E-state index in [1.54, 1.807) is 0 Å². The number of rotatable bonds is 3. The van der Waals surface area contributed by atoms with Crippen molar-refractivity contribution in [3.63, 3.8) is 0 Å². The summed E-state index contributed by atoms with van der Waals surface area (Å²) in [7, 11) is 0. The van der Waals surface area contributed by atoms with E-state index in [0.717, 1.165) is 11.5 Å². The standard InChI is InChI=1S/C12H16O/c1-9(11-5-6-11)12-4-2-3-10(7-12)8-13/h2-4,7,9,11,13H,5-6,8H2,1H3. The maximum absolute atomic E-state index is 9.00. The summed E-state index contributed by atoms with van der Waals surface area (Å²) in [5.74, 6) is 1.57. The molecule has 0 spiro atoms. The van der Waals surface area contributed by atoms with Crippen LogP contribution in [0, 0.1) is 5.92 Å². The van der Waals surface area contributed by atoms with Crippen LogP contribution in [0.3, 0.4) is 0 Å². The minimum Gasteiger partial charge on any atom is -0.392 e. The average Bonchev–Trinajstić information content (AvgIpc) is 3.00. The highest BCUT2D eigenvalue weighted by atomic mass is 16.3. The van der Waals surface area contributed by atoms with Crippen molar-refractivity contribution >= 4 is 0 Å². The highest BCUT2D eigenvalue weighted by Crippen LogP contribution is 2.42. The molecule has 1 N–H and O–H groups in total. The SMILES string of the molecule is CC(c1cccc(CO)c1)C1CC1. The summed E-state index contributed by atoms with van der Waals surface area (Å²) < 4.78 is 0. The summed E-state index contributed by atoms with van der Waals surface area (Å²) in [4.78, 5) is 0. The van der Waals surface area contributed by atoms with Gasteiger partial charge in [-0.15, -0.1) is 0 Å². The molecule has 0 aromatic heterocycles. The molecular weight excluding hydrogens is 160 g/mol. The van der Waals surface area contributed by atoms with Crippen molar-refractivity contribution in [1.82, 2.24) is 0 Å². The van der Waals surface area contributed by atoms with Crippen LogP contribution in [-0.4, -0.2) is 5.11 Å². The summed E-state index contributed by atoms with van der Waals surface area (Å²) in [6.45, 7) is 2.44. The van der Waals surface area contributed by atoms with Crippen molar-refractivity contribution < 1.29 is 5.11 Å². The molecule has 2 rings (SSSR count). The van der Waals surface area contributed by atoms with Gasteiger partial charge in [-0.3, -0.25) is 0 Å². The van der Waals surface area contributed by atoms with E-state index in [2.05, 4.69) is 19.1 Å². The maximum Gasteiger partial charge on any atom is 0.0681 e. The molecule has 1 aliphatic rings. The quantitative estimate of drug-likeness (QED) is 0.750. The zero-order valence-electron chi connectivity index (χ0n) is 8.03. The third kappa shape index (κ3) is 1.92. The molecule has 1 unspecified atom stereocenters. The minimum absolute atomic E-state index is 0.158. The third-order valence-corrected chi connectivity index (χ3v) is 2.99. The van der Waals surface area contributed by atoms with E-state index in [1.807, 2.05) is 12.1 Å². The molecule has 1 saturated carbocycles. The molecule has 0 heterocycles. The molecule has 1 nitrogen and oxygen atoms in total. The van der Waals surface area contributed by atoms with Gasteiger partial charge in [-0.2, -0.15) is 0 Å². The molecule has 1 aliphatic carbocycles. The molecule has 0 amide bonds. The summed E-state index contributed by atoms with van der Waals surface area (Å²) in [6, 6.07) is 8.31. The zero-order valence-corrected chi connectivity index (χ0v) is 8.03. The number of aliphatic hydroxyl groups excluding tert-OH is 1.